The van der Waals surface area contributed by atoms with Gasteiger partial charge in [0.15, 0.2) is 6.10 Å². The average Bonchev–Trinajstić information content (AvgIpc) is 2.84. The van der Waals surface area contributed by atoms with Gasteiger partial charge < -0.3 is 34.8 Å². The number of carboxylic acid groups (broad SMARTS) is 1. The Morgan fingerprint density at radius 1 is 0.971 bits per heavy atom. The number of halogens is 2. The fourth-order valence-corrected chi connectivity index (χ4v) is 5.01. The Hall–Kier alpha value is -2.40. The number of aliphatic hydroxyl groups is 3. The predicted molar refractivity (Wildman–Crippen MR) is 125 cm³/mol. The first-order valence-electron chi connectivity index (χ1n) is 11.0. The number of aliphatic hydroxyl groups excluding tert-OH is 3. The largest absolute Gasteiger partial charge is 0.479 e. The first-order chi connectivity index (χ1) is 16.6. The molecule has 0 saturated carbocycles. The van der Waals surface area contributed by atoms with Gasteiger partial charge in [-0.05, 0) is 41.7 Å². The molecule has 0 aromatic heterocycles. The first-order valence-corrected chi connectivity index (χ1v) is 11.8. The number of benzene rings is 2. The maximum absolute atomic E-state index is 13.0. The summed E-state index contributed by atoms with van der Waals surface area (Å²) in [5.74, 6) is -1.52. The van der Waals surface area contributed by atoms with E-state index in [1.807, 2.05) is 36.4 Å². The van der Waals surface area contributed by atoms with Crippen molar-refractivity contribution in [2.75, 3.05) is 7.05 Å². The number of nitrogens with zero attached hydrogens (tertiary/aromatic N) is 1. The van der Waals surface area contributed by atoms with Gasteiger partial charge >= 0.3 is 12.1 Å². The maximum atomic E-state index is 13.0. The molecule has 35 heavy (non-hydrogen) atoms. The van der Waals surface area contributed by atoms with E-state index in [1.54, 1.807) is 6.07 Å². The van der Waals surface area contributed by atoms with Crippen molar-refractivity contribution in [3.8, 4) is 0 Å². The van der Waals surface area contributed by atoms with E-state index < -0.39 is 42.8 Å². The van der Waals surface area contributed by atoms with Crippen LogP contribution in [0, 0.1) is 0 Å². The third kappa shape index (κ3) is 4.97. The molecule has 0 spiro atoms. The second-order valence-electron chi connectivity index (χ2n) is 8.68. The number of hydrogen-bond acceptors (Lipinski definition) is 7. The maximum Gasteiger partial charge on any atom is 0.412 e. The van der Waals surface area contributed by atoms with Crippen LogP contribution in [0.1, 0.15) is 41.5 Å². The number of aliphatic carboxylic acids is 1. The quantitative estimate of drug-likeness (QED) is 0.478. The molecule has 1 aliphatic carbocycles. The molecule has 7 atom stereocenters. The number of carbonyl (C=O) groups is 2. The number of ether oxygens (including phenoxy) is 2. The van der Waals surface area contributed by atoms with Crippen LogP contribution in [0.3, 0.4) is 0 Å². The zero-order valence-corrected chi connectivity index (χ0v) is 20.1. The molecule has 4 rings (SSSR count). The molecule has 2 unspecified atom stereocenters. The van der Waals surface area contributed by atoms with Gasteiger partial charge in [0, 0.05) is 13.0 Å². The molecule has 0 radical (unpaired) electrons. The van der Waals surface area contributed by atoms with E-state index in [2.05, 4.69) is 0 Å². The number of fused-ring (bicyclic) bond motifs is 1. The predicted octanol–water partition coefficient (Wildman–Crippen LogP) is 2.92. The molecular formula is C24H25Cl2NO8. The molecule has 1 amide bonds. The molecule has 11 heteroatoms. The third-order valence-electron chi connectivity index (χ3n) is 6.59. The Morgan fingerprint density at radius 3 is 2.31 bits per heavy atom. The molecule has 0 bridgehead atoms. The summed E-state index contributed by atoms with van der Waals surface area (Å²) in [6, 6.07) is 12.8. The van der Waals surface area contributed by atoms with Crippen LogP contribution in [0.2, 0.25) is 10.0 Å². The molecule has 1 aliphatic heterocycles. The van der Waals surface area contributed by atoms with Crippen molar-refractivity contribution in [2.24, 2.45) is 0 Å². The van der Waals surface area contributed by atoms with Crippen molar-refractivity contribution >= 4 is 35.3 Å². The summed E-state index contributed by atoms with van der Waals surface area (Å²) in [5.41, 5.74) is 2.92. The van der Waals surface area contributed by atoms with E-state index in [0.29, 0.717) is 22.9 Å². The van der Waals surface area contributed by atoms with Gasteiger partial charge in [0.2, 0.25) is 6.29 Å². The molecule has 9 nitrogen and oxygen atoms in total. The van der Waals surface area contributed by atoms with Crippen LogP contribution >= 0.6 is 23.2 Å². The third-order valence-corrected chi connectivity index (χ3v) is 7.33. The van der Waals surface area contributed by atoms with Crippen LogP contribution in [-0.2, 0) is 14.3 Å². The van der Waals surface area contributed by atoms with E-state index in [-0.39, 0.29) is 12.0 Å². The van der Waals surface area contributed by atoms with Gasteiger partial charge in [0.25, 0.3) is 0 Å². The Balaban J connectivity index is 1.54. The van der Waals surface area contributed by atoms with Crippen LogP contribution in [0.4, 0.5) is 4.79 Å². The van der Waals surface area contributed by atoms with Crippen molar-refractivity contribution in [1.29, 1.82) is 0 Å². The molecule has 4 N–H and O–H groups in total. The average molecular weight is 526 g/mol. The summed E-state index contributed by atoms with van der Waals surface area (Å²) in [6.45, 7) is 0. The number of carbonyl (C=O) groups excluding carboxylic acids is 1. The lowest BCUT2D eigenvalue weighted by molar-refractivity contribution is -0.280. The SMILES string of the molecule is CN(C(=O)OC1O[C@H](C(=O)O)[C@@H](O)[C@H](O)[C@H]1O)[C@H]1CCC(c2ccc(Cl)c(Cl)c2)c2ccccc21. The summed E-state index contributed by atoms with van der Waals surface area (Å²) in [6.07, 6.45) is -8.79. The zero-order chi connectivity index (χ0) is 25.4. The van der Waals surface area contributed by atoms with Crippen LogP contribution in [0.5, 0.6) is 0 Å². The van der Waals surface area contributed by atoms with Crippen molar-refractivity contribution in [3.63, 3.8) is 0 Å². The smallest absolute Gasteiger partial charge is 0.412 e. The highest BCUT2D eigenvalue weighted by molar-refractivity contribution is 6.42. The monoisotopic (exact) mass is 525 g/mol. The molecule has 1 fully saturated rings. The molecule has 2 aliphatic rings. The summed E-state index contributed by atoms with van der Waals surface area (Å²) < 4.78 is 10.3. The number of carboxylic acids is 1. The normalized spacial score (nSPS) is 30.3. The first kappa shape index (κ1) is 25.7. The lowest BCUT2D eigenvalue weighted by Crippen LogP contribution is -2.61. The molecule has 2 aromatic rings. The van der Waals surface area contributed by atoms with Crippen LogP contribution in [0.15, 0.2) is 42.5 Å². The molecular weight excluding hydrogens is 501 g/mol. The van der Waals surface area contributed by atoms with Crippen LogP contribution < -0.4 is 0 Å². The van der Waals surface area contributed by atoms with Gasteiger partial charge in [-0.15, -0.1) is 0 Å². The van der Waals surface area contributed by atoms with E-state index >= 15 is 0 Å². The van der Waals surface area contributed by atoms with Crippen molar-refractivity contribution in [1.82, 2.24) is 4.90 Å². The summed E-state index contributed by atoms with van der Waals surface area (Å²) >= 11 is 12.3. The fourth-order valence-electron chi connectivity index (χ4n) is 4.70. The highest BCUT2D eigenvalue weighted by Gasteiger charge is 2.49. The van der Waals surface area contributed by atoms with Crippen molar-refractivity contribution in [3.05, 3.63) is 69.2 Å². The second kappa shape index (κ2) is 10.3. The molecule has 2 aromatic carbocycles. The van der Waals surface area contributed by atoms with Crippen LogP contribution in [-0.4, -0.2) is 75.1 Å². The number of rotatable bonds is 4. The summed E-state index contributed by atoms with van der Waals surface area (Å²) in [4.78, 5) is 25.6. The van der Waals surface area contributed by atoms with E-state index in [9.17, 15) is 30.0 Å². The van der Waals surface area contributed by atoms with Crippen molar-refractivity contribution < 1.29 is 39.5 Å². The minimum Gasteiger partial charge on any atom is -0.479 e. The fraction of sp³-hybridized carbons (Fsp3) is 0.417. The lowest BCUT2D eigenvalue weighted by Gasteiger charge is -2.40. The van der Waals surface area contributed by atoms with Gasteiger partial charge in [0.1, 0.15) is 18.3 Å². The van der Waals surface area contributed by atoms with E-state index in [1.165, 1.54) is 11.9 Å². The Labute approximate surface area is 211 Å². The molecule has 1 heterocycles. The minimum absolute atomic E-state index is 0.0399. The second-order valence-corrected chi connectivity index (χ2v) is 9.49. The molecule has 188 valence electrons. The highest BCUT2D eigenvalue weighted by atomic mass is 35.5. The van der Waals surface area contributed by atoms with Gasteiger partial charge in [-0.2, -0.15) is 0 Å². The lowest BCUT2D eigenvalue weighted by atomic mass is 9.76. The Kier molecular flexibility index (Phi) is 7.56. The van der Waals surface area contributed by atoms with Gasteiger partial charge in [-0.3, -0.25) is 0 Å². The standard InChI is InChI=1S/C24H25Cl2NO8/c1-27(24(33)35-23-20(30)18(28)19(29)21(34-23)22(31)32)17-9-7-12(13-4-2-3-5-14(13)17)11-6-8-15(25)16(26)10-11/h2-6,8,10,12,17-21,23,28-30H,7,9H2,1H3,(H,31,32)/t12?,17-,18-,19-,20+,21-,23?/m0/s1. The summed E-state index contributed by atoms with van der Waals surface area (Å²) in [5, 5.41) is 40.1. The number of amides is 1. The number of hydrogen-bond donors (Lipinski definition) is 4. The minimum atomic E-state index is -1.88. The van der Waals surface area contributed by atoms with Crippen molar-refractivity contribution in [2.45, 2.75) is 55.5 Å². The topological polar surface area (TPSA) is 137 Å². The van der Waals surface area contributed by atoms with Gasteiger partial charge in [0.05, 0.1) is 16.1 Å². The Bertz CT molecular complexity index is 1110. The van der Waals surface area contributed by atoms with Gasteiger partial charge in [-0.25, -0.2) is 9.59 Å². The van der Waals surface area contributed by atoms with Crippen LogP contribution in [0.25, 0.3) is 0 Å². The van der Waals surface area contributed by atoms with Gasteiger partial charge in [-0.1, -0.05) is 53.5 Å². The summed E-state index contributed by atoms with van der Waals surface area (Å²) in [7, 11) is 1.53. The Morgan fingerprint density at radius 2 is 1.66 bits per heavy atom. The van der Waals surface area contributed by atoms with E-state index in [0.717, 1.165) is 16.7 Å². The van der Waals surface area contributed by atoms with E-state index in [4.69, 9.17) is 32.7 Å². The zero-order valence-electron chi connectivity index (χ0n) is 18.6. The highest BCUT2D eigenvalue weighted by Crippen LogP contribution is 2.44. The molecule has 1 saturated heterocycles.